The third kappa shape index (κ3) is 3.68. The first-order chi connectivity index (χ1) is 9.94. The molecule has 1 aromatic carbocycles. The van der Waals surface area contributed by atoms with Crippen molar-refractivity contribution < 1.29 is 13.1 Å². The van der Waals surface area contributed by atoms with Gasteiger partial charge in [0.25, 0.3) is 15.0 Å². The Labute approximate surface area is 127 Å². The third-order valence-electron chi connectivity index (χ3n) is 2.81. The third-order valence-corrected chi connectivity index (χ3v) is 6.53. The Hall–Kier alpha value is -1.73. The summed E-state index contributed by atoms with van der Waals surface area (Å²) in [4.78, 5) is 0.146. The minimum atomic E-state index is -3.77. The molecule has 1 atom stereocenters. The summed E-state index contributed by atoms with van der Waals surface area (Å²) in [5.41, 5.74) is 0.976. The number of hydrogen-bond donors (Lipinski definition) is 0. The molecule has 0 fully saturated rings. The molecule has 21 heavy (non-hydrogen) atoms. The van der Waals surface area contributed by atoms with Gasteiger partial charge in [-0.3, -0.25) is 0 Å². The molecule has 0 radical (unpaired) electrons. The van der Waals surface area contributed by atoms with Crippen LogP contribution in [0.1, 0.15) is 12.5 Å². The Morgan fingerprint density at radius 2 is 1.86 bits per heavy atom. The number of nitrogens with zero attached hydrogens (tertiary/aromatic N) is 2. The Morgan fingerprint density at radius 1 is 1.19 bits per heavy atom. The molecule has 1 heterocycles. The van der Waals surface area contributed by atoms with Gasteiger partial charge < -0.3 is 5.21 Å². The standard InChI is InChI=1S/C14H16N2O3S2/c1-3-20(14-6-4-5-11-16(14)17)15-21(18,19)13-9-7-12(2)8-10-13/h4-11H,3H2,1-2H3/t20-/m0/s1. The second kappa shape index (κ2) is 6.36. The van der Waals surface area contributed by atoms with Crippen LogP contribution < -0.4 is 4.73 Å². The molecule has 7 heteroatoms. The largest absolute Gasteiger partial charge is 0.618 e. The highest BCUT2D eigenvalue weighted by Gasteiger charge is 2.17. The molecule has 0 unspecified atom stereocenters. The van der Waals surface area contributed by atoms with Gasteiger partial charge in [-0.15, -0.1) is 3.77 Å². The van der Waals surface area contributed by atoms with Crippen molar-refractivity contribution in [3.63, 3.8) is 0 Å². The highest BCUT2D eigenvalue weighted by atomic mass is 32.3. The van der Waals surface area contributed by atoms with E-state index in [1.54, 1.807) is 30.3 Å². The van der Waals surface area contributed by atoms with Crippen LogP contribution in [0.15, 0.2) is 62.4 Å². The zero-order chi connectivity index (χ0) is 15.5. The molecule has 0 saturated carbocycles. The van der Waals surface area contributed by atoms with Gasteiger partial charge in [0, 0.05) is 28.6 Å². The predicted octanol–water partition coefficient (Wildman–Crippen LogP) is 2.20. The van der Waals surface area contributed by atoms with Gasteiger partial charge in [-0.2, -0.15) is 13.1 Å². The monoisotopic (exact) mass is 324 g/mol. The summed E-state index contributed by atoms with van der Waals surface area (Å²) in [5, 5.41) is 12.1. The average molecular weight is 324 g/mol. The highest BCUT2D eigenvalue weighted by Crippen LogP contribution is 2.16. The second-order valence-electron chi connectivity index (χ2n) is 4.38. The van der Waals surface area contributed by atoms with E-state index in [-0.39, 0.29) is 4.90 Å². The van der Waals surface area contributed by atoms with Crippen molar-refractivity contribution in [2.45, 2.75) is 23.8 Å². The molecule has 0 saturated heterocycles. The molecule has 0 N–H and O–H groups in total. The molecular formula is C14H16N2O3S2. The number of sulfonamides is 1. The van der Waals surface area contributed by atoms with E-state index in [0.717, 1.165) is 5.56 Å². The average Bonchev–Trinajstić information content (AvgIpc) is 2.46. The summed E-state index contributed by atoms with van der Waals surface area (Å²) in [7, 11) is -4.76. The molecule has 0 amide bonds. The highest BCUT2D eigenvalue weighted by molar-refractivity contribution is 8.00. The number of hydrogen-bond acceptors (Lipinski definition) is 3. The van der Waals surface area contributed by atoms with Crippen LogP contribution >= 0.6 is 0 Å². The zero-order valence-corrected chi connectivity index (χ0v) is 13.4. The van der Waals surface area contributed by atoms with E-state index in [1.807, 2.05) is 13.8 Å². The van der Waals surface area contributed by atoms with Crippen LogP contribution in [0.25, 0.3) is 0 Å². The quantitative estimate of drug-likeness (QED) is 0.639. The van der Waals surface area contributed by atoms with Crippen LogP contribution in [0.2, 0.25) is 0 Å². The Kier molecular flexibility index (Phi) is 4.74. The first-order valence-electron chi connectivity index (χ1n) is 6.38. The molecule has 0 aliphatic heterocycles. The molecular weight excluding hydrogens is 308 g/mol. The van der Waals surface area contributed by atoms with E-state index in [0.29, 0.717) is 15.5 Å². The Bertz CT molecular complexity index is 769. The summed E-state index contributed by atoms with van der Waals surface area (Å²) in [5.74, 6) is 0.456. The summed E-state index contributed by atoms with van der Waals surface area (Å²) in [6.07, 6.45) is 1.35. The van der Waals surface area contributed by atoms with Gasteiger partial charge in [0.2, 0.25) is 0 Å². The molecule has 2 rings (SSSR count). The fourth-order valence-electron chi connectivity index (χ4n) is 1.71. The van der Waals surface area contributed by atoms with Gasteiger partial charge >= 0.3 is 0 Å². The lowest BCUT2D eigenvalue weighted by atomic mass is 10.2. The second-order valence-corrected chi connectivity index (χ2v) is 8.12. The molecule has 0 aliphatic rings. The predicted molar refractivity (Wildman–Crippen MR) is 82.4 cm³/mol. The van der Waals surface area contributed by atoms with E-state index in [9.17, 15) is 13.6 Å². The van der Waals surface area contributed by atoms with Crippen LogP contribution in [0.3, 0.4) is 0 Å². The van der Waals surface area contributed by atoms with Gasteiger partial charge in [0.05, 0.1) is 4.90 Å². The number of pyridine rings is 1. The van der Waals surface area contributed by atoms with E-state index < -0.39 is 20.7 Å². The normalized spacial score (nSPS) is 13.2. The van der Waals surface area contributed by atoms with Crippen LogP contribution in [0.5, 0.6) is 0 Å². The van der Waals surface area contributed by atoms with Crippen LogP contribution in [0.4, 0.5) is 0 Å². The first kappa shape index (κ1) is 15.7. The summed E-state index contributed by atoms with van der Waals surface area (Å²) < 4.78 is 29.3. The fraction of sp³-hybridized carbons (Fsp3) is 0.214. The summed E-state index contributed by atoms with van der Waals surface area (Å²) in [6, 6.07) is 11.4. The van der Waals surface area contributed by atoms with E-state index in [4.69, 9.17) is 0 Å². The molecule has 5 nitrogen and oxygen atoms in total. The van der Waals surface area contributed by atoms with Crippen molar-refractivity contribution in [2.24, 2.45) is 3.77 Å². The maximum Gasteiger partial charge on any atom is 0.288 e. The van der Waals surface area contributed by atoms with E-state index in [2.05, 4.69) is 3.77 Å². The first-order valence-corrected chi connectivity index (χ1v) is 9.17. The molecule has 1 aromatic heterocycles. The molecule has 112 valence electrons. The van der Waals surface area contributed by atoms with E-state index >= 15 is 0 Å². The van der Waals surface area contributed by atoms with Gasteiger partial charge in [-0.1, -0.05) is 24.6 Å². The van der Waals surface area contributed by atoms with Crippen LogP contribution in [-0.4, -0.2) is 14.2 Å². The SMILES string of the molecule is CC[S@](=NS(=O)(=O)c1ccc(C)cc1)c1cccc[n+]1[O-]. The fourth-order valence-corrected chi connectivity index (χ4v) is 5.00. The van der Waals surface area contributed by atoms with Crippen molar-refractivity contribution in [2.75, 3.05) is 5.75 Å². The molecule has 0 spiro atoms. The number of benzene rings is 1. The van der Waals surface area contributed by atoms with Gasteiger partial charge in [-0.05, 0) is 25.1 Å². The van der Waals surface area contributed by atoms with Crippen LogP contribution in [0, 0.1) is 12.1 Å². The molecule has 0 bridgehead atoms. The van der Waals surface area contributed by atoms with Crippen molar-refractivity contribution in [1.29, 1.82) is 0 Å². The van der Waals surface area contributed by atoms with Crippen molar-refractivity contribution in [3.8, 4) is 0 Å². The van der Waals surface area contributed by atoms with Crippen molar-refractivity contribution in [3.05, 3.63) is 59.4 Å². The van der Waals surface area contributed by atoms with Gasteiger partial charge in [0.15, 0.2) is 6.20 Å². The molecule has 2 aromatic rings. The number of aromatic nitrogens is 1. The number of rotatable bonds is 4. The Morgan fingerprint density at radius 3 is 2.43 bits per heavy atom. The smallest absolute Gasteiger partial charge is 0.288 e. The number of aryl methyl sites for hydroxylation is 1. The van der Waals surface area contributed by atoms with Gasteiger partial charge in [0.1, 0.15) is 0 Å². The topological polar surface area (TPSA) is 73.4 Å². The summed E-state index contributed by atoms with van der Waals surface area (Å²) >= 11 is 0. The maximum atomic E-state index is 12.3. The lowest BCUT2D eigenvalue weighted by Crippen LogP contribution is -2.31. The lowest BCUT2D eigenvalue weighted by Gasteiger charge is -2.07. The summed E-state index contributed by atoms with van der Waals surface area (Å²) in [6.45, 7) is 3.69. The van der Waals surface area contributed by atoms with Crippen molar-refractivity contribution in [1.82, 2.24) is 0 Å². The van der Waals surface area contributed by atoms with Crippen LogP contribution in [-0.2, 0) is 20.7 Å². The minimum Gasteiger partial charge on any atom is -0.618 e. The maximum absolute atomic E-state index is 12.3. The van der Waals surface area contributed by atoms with Crippen molar-refractivity contribution >= 4 is 20.7 Å². The lowest BCUT2D eigenvalue weighted by molar-refractivity contribution is -0.645. The Balaban J connectivity index is 2.49. The van der Waals surface area contributed by atoms with Gasteiger partial charge in [-0.25, -0.2) is 0 Å². The minimum absolute atomic E-state index is 0.146. The molecule has 0 aliphatic carbocycles. The zero-order valence-electron chi connectivity index (χ0n) is 11.8. The van der Waals surface area contributed by atoms with E-state index in [1.165, 1.54) is 18.3 Å².